The minimum Gasteiger partial charge on any atom is -0.444 e. The van der Waals surface area contributed by atoms with Crippen molar-refractivity contribution in [3.8, 4) is 0 Å². The Kier molecular flexibility index (Phi) is 5.21. The lowest BCUT2D eigenvalue weighted by Crippen LogP contribution is -2.41. The normalized spacial score (nSPS) is 20.7. The molecule has 1 aliphatic rings. The van der Waals surface area contributed by atoms with E-state index in [2.05, 4.69) is 0 Å². The van der Waals surface area contributed by atoms with Gasteiger partial charge < -0.3 is 19.5 Å². The molecule has 1 atom stereocenters. The van der Waals surface area contributed by atoms with Crippen molar-refractivity contribution in [2.75, 3.05) is 26.4 Å². The molecule has 17 heavy (non-hydrogen) atoms. The summed E-state index contributed by atoms with van der Waals surface area (Å²) in [6.07, 6.45) is 1.64. The molecule has 0 aromatic rings. The lowest BCUT2D eigenvalue weighted by atomic mass is 10.2. The number of nitrogens with zero attached hydrogens (tertiary/aromatic N) is 1. The molecule has 1 heterocycles. The largest absolute Gasteiger partial charge is 0.444 e. The van der Waals surface area contributed by atoms with Crippen molar-refractivity contribution in [1.29, 1.82) is 0 Å². The quantitative estimate of drug-likeness (QED) is 0.760. The third-order valence-electron chi connectivity index (χ3n) is 2.55. The number of carbonyl (C=O) groups is 1. The number of likely N-dealkylation sites (tertiary alicyclic amines) is 1. The number of hydrogen-bond acceptors (Lipinski definition) is 4. The Hall–Kier alpha value is -0.810. The Morgan fingerprint density at radius 1 is 1.47 bits per heavy atom. The van der Waals surface area contributed by atoms with Crippen LogP contribution in [-0.2, 0) is 9.47 Å². The van der Waals surface area contributed by atoms with Gasteiger partial charge in [0.15, 0.2) is 0 Å². The average molecular weight is 245 g/mol. The molecule has 0 aromatic carbocycles. The van der Waals surface area contributed by atoms with Crippen LogP contribution in [0, 0.1) is 0 Å². The van der Waals surface area contributed by atoms with Crippen molar-refractivity contribution in [2.45, 2.75) is 45.3 Å². The Balaban J connectivity index is 2.42. The minimum absolute atomic E-state index is 0.0131. The zero-order valence-corrected chi connectivity index (χ0v) is 10.9. The first kappa shape index (κ1) is 14.3. The second-order valence-electron chi connectivity index (χ2n) is 5.27. The smallest absolute Gasteiger partial charge is 0.410 e. The second-order valence-corrected chi connectivity index (χ2v) is 5.27. The van der Waals surface area contributed by atoms with E-state index in [4.69, 9.17) is 14.6 Å². The van der Waals surface area contributed by atoms with Crippen molar-refractivity contribution < 1.29 is 19.4 Å². The summed E-state index contributed by atoms with van der Waals surface area (Å²) >= 11 is 0. The number of amides is 1. The molecule has 1 N–H and O–H groups in total. The van der Waals surface area contributed by atoms with Crippen molar-refractivity contribution in [2.24, 2.45) is 0 Å². The van der Waals surface area contributed by atoms with Crippen LogP contribution in [0.5, 0.6) is 0 Å². The zero-order chi connectivity index (χ0) is 12.9. The van der Waals surface area contributed by atoms with Crippen molar-refractivity contribution in [1.82, 2.24) is 4.90 Å². The molecule has 0 unspecified atom stereocenters. The summed E-state index contributed by atoms with van der Waals surface area (Å²) in [4.78, 5) is 13.6. The third kappa shape index (κ3) is 4.91. The summed E-state index contributed by atoms with van der Waals surface area (Å²) in [6, 6.07) is 0.0800. The molecule has 1 rings (SSSR count). The molecule has 0 radical (unpaired) electrons. The van der Waals surface area contributed by atoms with E-state index < -0.39 is 5.60 Å². The molecule has 5 heteroatoms. The second kappa shape index (κ2) is 6.21. The first-order valence-electron chi connectivity index (χ1n) is 6.12. The Morgan fingerprint density at radius 2 is 2.18 bits per heavy atom. The maximum Gasteiger partial charge on any atom is 0.410 e. The summed E-state index contributed by atoms with van der Waals surface area (Å²) in [5.74, 6) is 0. The van der Waals surface area contributed by atoms with E-state index >= 15 is 0 Å². The van der Waals surface area contributed by atoms with E-state index in [-0.39, 0.29) is 18.7 Å². The van der Waals surface area contributed by atoms with Gasteiger partial charge in [0.05, 0.1) is 25.9 Å². The summed E-state index contributed by atoms with van der Waals surface area (Å²) in [5.41, 5.74) is -0.462. The van der Waals surface area contributed by atoms with Gasteiger partial charge in [-0.2, -0.15) is 0 Å². The Bertz CT molecular complexity index is 249. The van der Waals surface area contributed by atoms with Gasteiger partial charge in [-0.15, -0.1) is 0 Å². The molecule has 1 fully saturated rings. The summed E-state index contributed by atoms with van der Waals surface area (Å²) < 4.78 is 10.6. The first-order valence-corrected chi connectivity index (χ1v) is 6.12. The lowest BCUT2D eigenvalue weighted by Gasteiger charge is -2.28. The fourth-order valence-corrected chi connectivity index (χ4v) is 1.85. The number of ether oxygens (including phenoxy) is 2. The van der Waals surface area contributed by atoms with E-state index in [1.165, 1.54) is 0 Å². The Labute approximate surface area is 103 Å². The molecule has 0 aromatic heterocycles. The van der Waals surface area contributed by atoms with Gasteiger partial charge in [0.1, 0.15) is 5.60 Å². The summed E-state index contributed by atoms with van der Waals surface area (Å²) in [5, 5.41) is 8.64. The fraction of sp³-hybridized carbons (Fsp3) is 0.917. The molecule has 1 saturated heterocycles. The predicted octanol–water partition coefficient (Wildman–Crippen LogP) is 1.39. The molecular weight excluding hydrogens is 222 g/mol. The van der Waals surface area contributed by atoms with Gasteiger partial charge in [-0.05, 0) is 33.6 Å². The molecule has 0 spiro atoms. The first-order chi connectivity index (χ1) is 7.94. The highest BCUT2D eigenvalue weighted by molar-refractivity contribution is 5.68. The highest BCUT2D eigenvalue weighted by Gasteiger charge is 2.32. The van der Waals surface area contributed by atoms with Gasteiger partial charge in [0, 0.05) is 6.54 Å². The van der Waals surface area contributed by atoms with E-state index in [9.17, 15) is 4.79 Å². The standard InChI is InChI=1S/C12H23NO4/c1-12(2,3)17-11(15)13-6-4-5-10(13)9-16-8-7-14/h10,14H,4-9H2,1-3H3/t10-/m1/s1. The molecule has 0 saturated carbocycles. The van der Waals surface area contributed by atoms with Gasteiger partial charge in [-0.25, -0.2) is 4.79 Å². The highest BCUT2D eigenvalue weighted by atomic mass is 16.6. The van der Waals surface area contributed by atoms with Crippen LogP contribution in [0.15, 0.2) is 0 Å². The third-order valence-corrected chi connectivity index (χ3v) is 2.55. The van der Waals surface area contributed by atoms with Crippen LogP contribution in [0.3, 0.4) is 0 Å². The van der Waals surface area contributed by atoms with Crippen LogP contribution in [0.25, 0.3) is 0 Å². The van der Waals surface area contributed by atoms with Crippen molar-refractivity contribution in [3.63, 3.8) is 0 Å². The van der Waals surface area contributed by atoms with Crippen LogP contribution < -0.4 is 0 Å². The number of hydrogen-bond donors (Lipinski definition) is 1. The number of rotatable bonds is 4. The van der Waals surface area contributed by atoms with Crippen LogP contribution in [0.4, 0.5) is 4.79 Å². The summed E-state index contributed by atoms with van der Waals surface area (Å²) in [6.45, 7) is 7.11. The number of carbonyl (C=O) groups excluding carboxylic acids is 1. The number of aliphatic hydroxyl groups excluding tert-OH is 1. The van der Waals surface area contributed by atoms with Crippen LogP contribution in [0.2, 0.25) is 0 Å². The van der Waals surface area contributed by atoms with Gasteiger partial charge in [0.25, 0.3) is 0 Å². The topological polar surface area (TPSA) is 59.0 Å². The average Bonchev–Trinajstić information content (AvgIpc) is 2.64. The van der Waals surface area contributed by atoms with Gasteiger partial charge in [-0.3, -0.25) is 0 Å². The van der Waals surface area contributed by atoms with Crippen LogP contribution in [0.1, 0.15) is 33.6 Å². The molecule has 0 aliphatic carbocycles. The van der Waals surface area contributed by atoms with Gasteiger partial charge >= 0.3 is 6.09 Å². The molecule has 5 nitrogen and oxygen atoms in total. The molecule has 1 amide bonds. The predicted molar refractivity (Wildman–Crippen MR) is 63.9 cm³/mol. The molecule has 100 valence electrons. The van der Waals surface area contributed by atoms with Gasteiger partial charge in [-0.1, -0.05) is 0 Å². The number of aliphatic hydroxyl groups is 1. The SMILES string of the molecule is CC(C)(C)OC(=O)N1CCC[C@@H]1COCCO. The maximum atomic E-state index is 11.9. The molecular formula is C12H23NO4. The van der Waals surface area contributed by atoms with Crippen LogP contribution >= 0.6 is 0 Å². The Morgan fingerprint density at radius 3 is 2.76 bits per heavy atom. The highest BCUT2D eigenvalue weighted by Crippen LogP contribution is 2.20. The maximum absolute atomic E-state index is 11.9. The lowest BCUT2D eigenvalue weighted by molar-refractivity contribution is 0.00747. The van der Waals surface area contributed by atoms with E-state index in [0.717, 1.165) is 19.4 Å². The zero-order valence-electron chi connectivity index (χ0n) is 10.9. The minimum atomic E-state index is -0.462. The monoisotopic (exact) mass is 245 g/mol. The van der Waals surface area contributed by atoms with E-state index in [1.54, 1.807) is 4.90 Å². The summed E-state index contributed by atoms with van der Waals surface area (Å²) in [7, 11) is 0. The van der Waals surface area contributed by atoms with Crippen molar-refractivity contribution >= 4 is 6.09 Å². The van der Waals surface area contributed by atoms with Crippen LogP contribution in [-0.4, -0.2) is 54.1 Å². The fourth-order valence-electron chi connectivity index (χ4n) is 1.85. The van der Waals surface area contributed by atoms with Gasteiger partial charge in [0.2, 0.25) is 0 Å². The van der Waals surface area contributed by atoms with E-state index in [0.29, 0.717) is 13.2 Å². The van der Waals surface area contributed by atoms with E-state index in [1.807, 2.05) is 20.8 Å². The van der Waals surface area contributed by atoms with Crippen molar-refractivity contribution in [3.05, 3.63) is 0 Å². The molecule has 1 aliphatic heterocycles. The molecule has 0 bridgehead atoms.